The third-order valence-corrected chi connectivity index (χ3v) is 15.6. The number of halogens is 15. The highest BCUT2D eigenvalue weighted by Crippen LogP contribution is 2.51. The topological polar surface area (TPSA) is 47.4 Å². The Bertz CT molecular complexity index is 1740. The molecule has 0 amide bonds. The molecule has 2 aliphatic rings. The Kier molecular flexibility index (Phi) is 74.2. The number of ether oxygens (including phenoxy) is 2. The summed E-state index contributed by atoms with van der Waals surface area (Å²) in [4.78, 5) is 7.05. The van der Waals surface area contributed by atoms with Crippen LogP contribution in [-0.4, -0.2) is 87.9 Å². The van der Waals surface area contributed by atoms with E-state index in [4.69, 9.17) is 27.7 Å². The predicted molar refractivity (Wildman–Crippen MR) is 412 cm³/mol. The summed E-state index contributed by atoms with van der Waals surface area (Å²) in [6.45, 7) is 84.2. The fraction of sp³-hybridized carbons (Fsp3) is 0.975. The van der Waals surface area contributed by atoms with Gasteiger partial charge in [0.05, 0.1) is 12.2 Å². The first-order valence-electron chi connectivity index (χ1n) is 35.0. The summed E-state index contributed by atoms with van der Waals surface area (Å²) in [6, 6.07) is 0. The third-order valence-electron chi connectivity index (χ3n) is 15.6. The second kappa shape index (κ2) is 57.0. The predicted octanol–water partition coefficient (Wildman–Crippen LogP) is 31.6. The highest BCUT2D eigenvalue weighted by molar-refractivity contribution is 5.12. The van der Waals surface area contributed by atoms with Gasteiger partial charge in [-0.3, -0.25) is 0 Å². The average molecular weight is 1500 g/mol. The molecule has 1 N–H and O–H groups in total. The lowest BCUT2D eigenvalue weighted by atomic mass is 9.82. The van der Waals surface area contributed by atoms with Crippen LogP contribution in [0.3, 0.4) is 0 Å². The van der Waals surface area contributed by atoms with Crippen molar-refractivity contribution in [1.82, 2.24) is 0 Å². The van der Waals surface area contributed by atoms with Gasteiger partial charge in [0.15, 0.2) is 0 Å². The summed E-state index contributed by atoms with van der Waals surface area (Å²) in [7, 11) is 0. The molecular weight excluding hydrogens is 1330 g/mol. The van der Waals surface area contributed by atoms with Crippen LogP contribution in [-0.2, 0) is 9.47 Å². The Morgan fingerprint density at radius 3 is 0.663 bits per heavy atom. The van der Waals surface area contributed by atoms with Crippen molar-refractivity contribution < 1.29 is 80.4 Å². The van der Waals surface area contributed by atoms with Crippen molar-refractivity contribution in [3.05, 3.63) is 22.8 Å². The molecule has 2 saturated carbocycles. The molecule has 5 nitrogen and oxygen atoms in total. The molecule has 0 heterocycles. The first-order chi connectivity index (χ1) is 41.9. The molecule has 0 aromatic rings. The molecule has 0 radical (unpaired) electrons. The van der Waals surface area contributed by atoms with E-state index < -0.39 is 70.7 Å². The minimum Gasteiger partial charge on any atom is -0.396 e. The first kappa shape index (κ1) is 131. The normalized spacial score (nSPS) is 14.3. The van der Waals surface area contributed by atoms with E-state index in [2.05, 4.69) is 85.9 Å². The third kappa shape index (κ3) is 102. The molecule has 626 valence electrons. The van der Waals surface area contributed by atoms with Crippen molar-refractivity contribution in [2.45, 2.75) is 435 Å². The molecule has 0 bridgehead atoms. The summed E-state index contributed by atoms with van der Waals surface area (Å²) in [5.41, 5.74) is -1.21. The SMILES string of the molecule is C.C.C.C.CC(C)C(C(C)(F)F)C(F)(F)F.CC(C)C(C)(C)CO.CC(C)C(C)(C)F.CC(C)C(C)(F)F.CC(C)C1(C)CC1.CC(C)CC(C)(C)F.CC(C)CC(C)(F)F.CC(C)CC(C)(F)F.CC(C)OC(C)(C)F.CC(C)OC(C)(C)F.[C-]#[N+]C(C)(C)C(C)C.[C-]#[N+]C1(C(C)C)CC1. The standard InChI is InChI=1S/C7H11F5.C7H15F.C7H11N.C7H13N.C7H16O.C7H14.2C6H12F2.2C6H13FO.C6H13F.C5H10F2.4CH4/c1-4(2)5(6(3,8)9)7(10,11)12;1-6(2)5-7(3,4)8;1-6(2)7(8-3)4-5-7;1-6(2)7(3,4)8-5;1-6(2)7(3,4)5-8;1-6(2)7(3)4-5-7;2*1-5(2)4-6(3,7)8;2*1-5(2)8-6(3,4)7;1-5(2)6(3,4)7;1-4(2)5(3,6)7;;;;/h4-5H,1-3H3;6H,5H2,1-4H3;6H,4-5H2,1-2H3;6H,1-4H3;6,8H,5H2,1-4H3;6H,4-5H2,1-3H3;2*5H,4H2,1-3H3;2*5H,1-4H3;5H,1-4H3;4H,1-3H3;4*1H4. The van der Waals surface area contributed by atoms with Gasteiger partial charge in [-0.2, -0.15) is 13.2 Å². The number of hydrogen-bond acceptors (Lipinski definition) is 3. The average Bonchev–Trinajstić information content (AvgIpc) is 1.74. The zero-order valence-corrected chi connectivity index (χ0v) is 69.5. The molecule has 0 saturated heterocycles. The number of rotatable bonds is 19. The van der Waals surface area contributed by atoms with Gasteiger partial charge < -0.3 is 24.3 Å². The van der Waals surface area contributed by atoms with Crippen LogP contribution in [0.5, 0.6) is 0 Å². The summed E-state index contributed by atoms with van der Waals surface area (Å²) in [5.74, 6) is -15.0. The molecular formula is C81H169F15N2O3. The summed E-state index contributed by atoms with van der Waals surface area (Å²) in [6.07, 6.45) is 0.946. The maximum atomic E-state index is 12.6. The van der Waals surface area contributed by atoms with Crippen molar-refractivity contribution in [3.8, 4) is 0 Å². The van der Waals surface area contributed by atoms with E-state index in [1.54, 1.807) is 83.1 Å². The molecule has 20 heteroatoms. The van der Waals surface area contributed by atoms with Gasteiger partial charge in [-0.05, 0) is 182 Å². The van der Waals surface area contributed by atoms with Crippen LogP contribution >= 0.6 is 0 Å². The molecule has 2 rings (SSSR count). The Labute approximate surface area is 618 Å². The lowest BCUT2D eigenvalue weighted by Gasteiger charge is -2.28. The van der Waals surface area contributed by atoms with Gasteiger partial charge in [0, 0.05) is 63.9 Å². The molecule has 1 atom stereocenters. The minimum atomic E-state index is -4.83. The van der Waals surface area contributed by atoms with Crippen LogP contribution in [0.15, 0.2) is 0 Å². The second-order valence-corrected chi connectivity index (χ2v) is 34.2. The maximum absolute atomic E-state index is 12.6. The summed E-state index contributed by atoms with van der Waals surface area (Å²) < 4.78 is 192. The molecule has 2 aliphatic carbocycles. The van der Waals surface area contributed by atoms with E-state index in [9.17, 15) is 65.9 Å². The van der Waals surface area contributed by atoms with Gasteiger partial charge in [0.2, 0.25) is 40.6 Å². The zero-order chi connectivity index (χ0) is 81.5. The van der Waals surface area contributed by atoms with Crippen LogP contribution in [0.2, 0.25) is 0 Å². The number of aliphatic hydroxyl groups excluding tert-OH is 1. The monoisotopic (exact) mass is 1500 g/mol. The van der Waals surface area contributed by atoms with E-state index >= 15 is 0 Å². The smallest absolute Gasteiger partial charge is 0.396 e. The van der Waals surface area contributed by atoms with Gasteiger partial charge in [0.25, 0.3) is 5.92 Å². The van der Waals surface area contributed by atoms with E-state index in [1.807, 2.05) is 41.5 Å². The van der Waals surface area contributed by atoms with Gasteiger partial charge in [0.1, 0.15) is 17.3 Å². The Balaban J connectivity index is -0.0000000681. The molecule has 2 fully saturated rings. The van der Waals surface area contributed by atoms with Crippen molar-refractivity contribution in [2.24, 2.45) is 75.9 Å². The Morgan fingerprint density at radius 2 is 0.663 bits per heavy atom. The number of aliphatic hydroxyl groups is 1. The van der Waals surface area contributed by atoms with Gasteiger partial charge in [-0.25, -0.2) is 65.8 Å². The van der Waals surface area contributed by atoms with Gasteiger partial charge >= 0.3 is 6.18 Å². The minimum absolute atomic E-state index is 0. The largest absolute Gasteiger partial charge is 0.397 e. The molecule has 101 heavy (non-hydrogen) atoms. The van der Waals surface area contributed by atoms with Crippen LogP contribution < -0.4 is 0 Å². The highest BCUT2D eigenvalue weighted by atomic mass is 19.4. The fourth-order valence-corrected chi connectivity index (χ4v) is 6.81. The molecule has 0 aliphatic heterocycles. The molecule has 0 spiro atoms. The lowest BCUT2D eigenvalue weighted by molar-refractivity contribution is -0.247. The van der Waals surface area contributed by atoms with E-state index in [1.165, 1.54) is 54.4 Å². The maximum Gasteiger partial charge on any atom is 0.397 e. The molecule has 1 unspecified atom stereocenters. The number of hydrogen-bond donors (Lipinski definition) is 1. The number of nitrogens with zero attached hydrogens (tertiary/aromatic N) is 2. The van der Waals surface area contributed by atoms with Crippen LogP contribution in [0, 0.1) is 89.1 Å². The molecule has 0 aromatic heterocycles. The zero-order valence-electron chi connectivity index (χ0n) is 69.5. The van der Waals surface area contributed by atoms with Crippen LogP contribution in [0.25, 0.3) is 9.69 Å². The number of alkyl halides is 15. The van der Waals surface area contributed by atoms with Gasteiger partial charge in [-0.15, -0.1) is 0 Å². The Hall–Kier alpha value is -2.19. The van der Waals surface area contributed by atoms with Crippen LogP contribution in [0.4, 0.5) is 65.9 Å². The van der Waals surface area contributed by atoms with Crippen molar-refractivity contribution in [3.63, 3.8) is 0 Å². The Morgan fingerprint density at radius 1 is 0.396 bits per heavy atom. The van der Waals surface area contributed by atoms with Gasteiger partial charge in [-0.1, -0.05) is 189 Å². The summed E-state index contributed by atoms with van der Waals surface area (Å²) in [5, 5.41) is 8.76. The highest BCUT2D eigenvalue weighted by Gasteiger charge is 2.54. The summed E-state index contributed by atoms with van der Waals surface area (Å²) >= 11 is 0. The van der Waals surface area contributed by atoms with Crippen LogP contribution in [0.1, 0.15) is 359 Å². The van der Waals surface area contributed by atoms with E-state index in [0.29, 0.717) is 37.0 Å². The fourth-order valence-electron chi connectivity index (χ4n) is 6.81. The van der Waals surface area contributed by atoms with Crippen molar-refractivity contribution in [2.75, 3.05) is 6.61 Å². The van der Waals surface area contributed by atoms with Crippen molar-refractivity contribution in [1.29, 1.82) is 0 Å². The first-order valence-corrected chi connectivity index (χ1v) is 35.0. The molecule has 0 aromatic carbocycles. The van der Waals surface area contributed by atoms with E-state index in [0.717, 1.165) is 58.8 Å². The van der Waals surface area contributed by atoms with Crippen molar-refractivity contribution >= 4 is 0 Å². The second-order valence-electron chi connectivity index (χ2n) is 34.2. The quantitative estimate of drug-likeness (QED) is 0.104. The lowest BCUT2D eigenvalue weighted by Crippen LogP contribution is -2.40. The van der Waals surface area contributed by atoms with E-state index in [-0.39, 0.29) is 95.6 Å².